The average Bonchev–Trinajstić information content (AvgIpc) is 2.89. The maximum atomic E-state index is 12.0. The third-order valence-electron chi connectivity index (χ3n) is 3.16. The Morgan fingerprint density at radius 1 is 1.37 bits per heavy atom. The molecule has 2 rings (SSSR count). The van der Waals surface area contributed by atoms with Crippen LogP contribution in [-0.4, -0.2) is 35.5 Å². The molecule has 2 heterocycles. The summed E-state index contributed by atoms with van der Waals surface area (Å²) < 4.78 is 0. The number of carbonyl (C=O) groups excluding carboxylic acids is 1. The average molecular weight is 262 g/mol. The van der Waals surface area contributed by atoms with E-state index in [0.717, 1.165) is 18.9 Å². The van der Waals surface area contributed by atoms with Gasteiger partial charge in [-0.3, -0.25) is 4.79 Å². The molecular formula is C14H22N4O. The molecule has 1 aromatic rings. The Labute approximate surface area is 114 Å². The van der Waals surface area contributed by atoms with Gasteiger partial charge in [0.05, 0.1) is 0 Å². The van der Waals surface area contributed by atoms with E-state index in [1.807, 2.05) is 6.92 Å². The number of amides is 1. The van der Waals surface area contributed by atoms with Crippen LogP contribution in [0.25, 0.3) is 0 Å². The van der Waals surface area contributed by atoms with Gasteiger partial charge < -0.3 is 10.2 Å². The molecule has 1 aromatic heterocycles. The van der Waals surface area contributed by atoms with Crippen molar-refractivity contribution in [3.63, 3.8) is 0 Å². The van der Waals surface area contributed by atoms with E-state index in [0.29, 0.717) is 24.0 Å². The summed E-state index contributed by atoms with van der Waals surface area (Å²) in [4.78, 5) is 22.9. The van der Waals surface area contributed by atoms with Crippen LogP contribution in [0.15, 0.2) is 6.07 Å². The van der Waals surface area contributed by atoms with Gasteiger partial charge in [0.2, 0.25) is 0 Å². The van der Waals surface area contributed by atoms with Crippen molar-refractivity contribution in [1.29, 1.82) is 0 Å². The van der Waals surface area contributed by atoms with Gasteiger partial charge in [-0.15, -0.1) is 0 Å². The van der Waals surface area contributed by atoms with Crippen molar-refractivity contribution in [1.82, 2.24) is 15.3 Å². The van der Waals surface area contributed by atoms with Gasteiger partial charge in [0.1, 0.15) is 17.3 Å². The predicted molar refractivity (Wildman–Crippen MR) is 75.4 cm³/mol. The Bertz CT molecular complexity index is 453. The Morgan fingerprint density at radius 2 is 2.05 bits per heavy atom. The molecule has 1 aliphatic rings. The Morgan fingerprint density at radius 3 is 2.68 bits per heavy atom. The van der Waals surface area contributed by atoms with E-state index in [2.05, 4.69) is 34.0 Å². The van der Waals surface area contributed by atoms with Crippen LogP contribution < -0.4 is 10.2 Å². The van der Waals surface area contributed by atoms with E-state index < -0.39 is 0 Å². The quantitative estimate of drug-likeness (QED) is 0.898. The van der Waals surface area contributed by atoms with Gasteiger partial charge in [0.15, 0.2) is 0 Å². The van der Waals surface area contributed by atoms with E-state index in [4.69, 9.17) is 0 Å². The van der Waals surface area contributed by atoms with Crippen LogP contribution in [0.5, 0.6) is 0 Å². The molecule has 19 heavy (non-hydrogen) atoms. The van der Waals surface area contributed by atoms with Crippen LogP contribution in [0, 0.1) is 12.8 Å². The fourth-order valence-corrected chi connectivity index (χ4v) is 2.16. The van der Waals surface area contributed by atoms with Crippen LogP contribution in [0.3, 0.4) is 0 Å². The number of carbonyl (C=O) groups is 1. The van der Waals surface area contributed by atoms with Crippen molar-refractivity contribution in [2.24, 2.45) is 5.92 Å². The number of aromatic nitrogens is 2. The summed E-state index contributed by atoms with van der Waals surface area (Å²) in [5.74, 6) is 1.85. The van der Waals surface area contributed by atoms with Crippen molar-refractivity contribution in [3.05, 3.63) is 17.6 Å². The highest BCUT2D eigenvalue weighted by Crippen LogP contribution is 2.18. The monoisotopic (exact) mass is 262 g/mol. The molecule has 1 aliphatic heterocycles. The number of anilines is 1. The SMILES string of the molecule is Cc1nc(C(=O)NCC(C)C)cc(N2CCCC2)n1. The van der Waals surface area contributed by atoms with Crippen LogP contribution in [0.1, 0.15) is 43.0 Å². The lowest BCUT2D eigenvalue weighted by Gasteiger charge is -2.17. The van der Waals surface area contributed by atoms with Crippen molar-refractivity contribution in [3.8, 4) is 0 Å². The van der Waals surface area contributed by atoms with Gasteiger partial charge in [0.25, 0.3) is 5.91 Å². The van der Waals surface area contributed by atoms with Crippen molar-refractivity contribution in [2.75, 3.05) is 24.5 Å². The molecule has 0 aliphatic carbocycles. The normalized spacial score (nSPS) is 15.1. The zero-order chi connectivity index (χ0) is 13.8. The van der Waals surface area contributed by atoms with Crippen molar-refractivity contribution >= 4 is 11.7 Å². The lowest BCUT2D eigenvalue weighted by Crippen LogP contribution is -2.29. The molecule has 0 atom stereocenters. The Balaban J connectivity index is 2.13. The molecule has 0 unspecified atom stereocenters. The molecule has 0 aromatic carbocycles. The van der Waals surface area contributed by atoms with Gasteiger partial charge in [-0.05, 0) is 25.7 Å². The van der Waals surface area contributed by atoms with Gasteiger partial charge in [-0.25, -0.2) is 9.97 Å². The first-order chi connectivity index (χ1) is 9.06. The summed E-state index contributed by atoms with van der Waals surface area (Å²) in [6, 6.07) is 1.80. The van der Waals surface area contributed by atoms with Crippen LogP contribution >= 0.6 is 0 Å². The third kappa shape index (κ3) is 3.66. The van der Waals surface area contributed by atoms with Gasteiger partial charge in [0, 0.05) is 25.7 Å². The highest BCUT2D eigenvalue weighted by Gasteiger charge is 2.17. The summed E-state index contributed by atoms with van der Waals surface area (Å²) in [6.07, 6.45) is 2.38. The lowest BCUT2D eigenvalue weighted by molar-refractivity contribution is 0.0943. The fraction of sp³-hybridized carbons (Fsp3) is 0.643. The Hall–Kier alpha value is -1.65. The maximum Gasteiger partial charge on any atom is 0.270 e. The molecule has 0 spiro atoms. The molecule has 5 nitrogen and oxygen atoms in total. The smallest absolute Gasteiger partial charge is 0.270 e. The largest absolute Gasteiger partial charge is 0.356 e. The van der Waals surface area contributed by atoms with E-state index in [1.165, 1.54) is 12.8 Å². The minimum atomic E-state index is -0.111. The van der Waals surface area contributed by atoms with Crippen LogP contribution in [-0.2, 0) is 0 Å². The van der Waals surface area contributed by atoms with E-state index in [1.54, 1.807) is 6.07 Å². The first kappa shape index (κ1) is 13.8. The number of hydrogen-bond acceptors (Lipinski definition) is 4. The first-order valence-electron chi connectivity index (χ1n) is 6.95. The number of nitrogens with one attached hydrogen (secondary N) is 1. The number of rotatable bonds is 4. The molecule has 1 fully saturated rings. The van der Waals surface area contributed by atoms with Crippen LogP contribution in [0.4, 0.5) is 5.82 Å². The highest BCUT2D eigenvalue weighted by atomic mass is 16.1. The van der Waals surface area contributed by atoms with Gasteiger partial charge in [-0.1, -0.05) is 13.8 Å². The van der Waals surface area contributed by atoms with Crippen molar-refractivity contribution in [2.45, 2.75) is 33.6 Å². The standard InChI is InChI=1S/C14H22N4O/c1-10(2)9-15-14(19)12-8-13(17-11(3)16-12)18-6-4-5-7-18/h8,10H,4-7,9H2,1-3H3,(H,15,19). The lowest BCUT2D eigenvalue weighted by atomic mass is 10.2. The molecule has 0 radical (unpaired) electrons. The molecule has 0 bridgehead atoms. The molecule has 104 valence electrons. The predicted octanol–water partition coefficient (Wildman–Crippen LogP) is 1.77. The van der Waals surface area contributed by atoms with E-state index in [9.17, 15) is 4.79 Å². The van der Waals surface area contributed by atoms with E-state index >= 15 is 0 Å². The molecule has 0 saturated carbocycles. The summed E-state index contributed by atoms with van der Waals surface area (Å²) in [7, 11) is 0. The topological polar surface area (TPSA) is 58.1 Å². The minimum Gasteiger partial charge on any atom is -0.356 e. The minimum absolute atomic E-state index is 0.111. The molecular weight excluding hydrogens is 240 g/mol. The molecule has 1 amide bonds. The molecule has 1 N–H and O–H groups in total. The zero-order valence-electron chi connectivity index (χ0n) is 11.9. The molecule has 5 heteroatoms. The summed E-state index contributed by atoms with van der Waals surface area (Å²) in [5.41, 5.74) is 0.468. The maximum absolute atomic E-state index is 12.0. The first-order valence-corrected chi connectivity index (χ1v) is 6.95. The number of hydrogen-bond donors (Lipinski definition) is 1. The van der Waals surface area contributed by atoms with E-state index in [-0.39, 0.29) is 5.91 Å². The summed E-state index contributed by atoms with van der Waals surface area (Å²) in [6.45, 7) is 8.68. The fourth-order valence-electron chi connectivity index (χ4n) is 2.16. The van der Waals surface area contributed by atoms with Crippen LogP contribution in [0.2, 0.25) is 0 Å². The summed E-state index contributed by atoms with van der Waals surface area (Å²) in [5, 5.41) is 2.90. The Kier molecular flexibility index (Phi) is 4.35. The van der Waals surface area contributed by atoms with Gasteiger partial charge in [-0.2, -0.15) is 0 Å². The van der Waals surface area contributed by atoms with Gasteiger partial charge >= 0.3 is 0 Å². The number of nitrogens with zero attached hydrogens (tertiary/aromatic N) is 3. The number of aryl methyl sites for hydroxylation is 1. The highest BCUT2D eigenvalue weighted by molar-refractivity contribution is 5.92. The summed E-state index contributed by atoms with van der Waals surface area (Å²) >= 11 is 0. The molecule has 1 saturated heterocycles. The van der Waals surface area contributed by atoms with Crippen molar-refractivity contribution < 1.29 is 4.79 Å². The second-order valence-electron chi connectivity index (χ2n) is 5.46. The second kappa shape index (κ2) is 5.99. The second-order valence-corrected chi connectivity index (χ2v) is 5.46. The third-order valence-corrected chi connectivity index (χ3v) is 3.16. The zero-order valence-corrected chi connectivity index (χ0v) is 11.9.